The van der Waals surface area contributed by atoms with E-state index in [0.717, 1.165) is 29.1 Å². The fourth-order valence-electron chi connectivity index (χ4n) is 3.07. The van der Waals surface area contributed by atoms with Crippen LogP contribution in [0.1, 0.15) is 19.4 Å². The highest BCUT2D eigenvalue weighted by atomic mass is 19.3. The summed E-state index contributed by atoms with van der Waals surface area (Å²) in [5, 5.41) is 1.04. The molecule has 112 valence electrons. The van der Waals surface area contributed by atoms with Crippen LogP contribution in [-0.2, 0) is 0 Å². The summed E-state index contributed by atoms with van der Waals surface area (Å²) in [6.45, 7) is 4.07. The number of alkyl halides is 2. The summed E-state index contributed by atoms with van der Waals surface area (Å²) in [6.07, 6.45) is 5.84. The second kappa shape index (κ2) is 5.22. The van der Waals surface area contributed by atoms with Gasteiger partial charge in [-0.25, -0.2) is 13.8 Å². The number of hydrogen-bond acceptors (Lipinski definition) is 2. The summed E-state index contributed by atoms with van der Waals surface area (Å²) < 4.78 is 26.6. The van der Waals surface area contributed by atoms with Gasteiger partial charge in [-0.3, -0.25) is 4.90 Å². The summed E-state index contributed by atoms with van der Waals surface area (Å²) >= 11 is 0. The van der Waals surface area contributed by atoms with Gasteiger partial charge in [0, 0.05) is 43.4 Å². The standard InChI is InChI=1S/C16H19F2N3/c1-11-6-12(9-21(8-11)10-16(2,17)18)14-7-20-15-13(14)4-3-5-19-15/h3-7,11H,8-10H2,1-2H3,(H,19,20)/t11-/m1/s1. The monoisotopic (exact) mass is 291 g/mol. The molecule has 0 spiro atoms. The maximum Gasteiger partial charge on any atom is 0.257 e. The molecule has 1 aliphatic rings. The summed E-state index contributed by atoms with van der Waals surface area (Å²) in [5.41, 5.74) is 2.99. The molecule has 3 nitrogen and oxygen atoms in total. The molecule has 0 amide bonds. The van der Waals surface area contributed by atoms with Gasteiger partial charge >= 0.3 is 0 Å². The quantitative estimate of drug-likeness (QED) is 0.937. The maximum atomic E-state index is 13.3. The number of halogens is 2. The number of aromatic amines is 1. The Kier molecular flexibility index (Phi) is 3.53. The molecule has 21 heavy (non-hydrogen) atoms. The van der Waals surface area contributed by atoms with Crippen molar-refractivity contribution >= 4 is 16.6 Å². The van der Waals surface area contributed by atoms with E-state index in [1.165, 1.54) is 0 Å². The molecule has 0 fully saturated rings. The van der Waals surface area contributed by atoms with Crippen LogP contribution < -0.4 is 0 Å². The van der Waals surface area contributed by atoms with E-state index >= 15 is 0 Å². The minimum absolute atomic E-state index is 0.199. The van der Waals surface area contributed by atoms with E-state index in [9.17, 15) is 8.78 Å². The zero-order chi connectivity index (χ0) is 15.0. The van der Waals surface area contributed by atoms with E-state index in [0.29, 0.717) is 13.1 Å². The van der Waals surface area contributed by atoms with Crippen molar-refractivity contribution in [3.05, 3.63) is 36.2 Å². The second-order valence-corrected chi connectivity index (χ2v) is 6.01. The first-order chi connectivity index (χ1) is 9.92. The highest BCUT2D eigenvalue weighted by Crippen LogP contribution is 2.29. The summed E-state index contributed by atoms with van der Waals surface area (Å²) in [7, 11) is 0. The summed E-state index contributed by atoms with van der Waals surface area (Å²) in [4.78, 5) is 9.25. The highest BCUT2D eigenvalue weighted by molar-refractivity contribution is 5.91. The Bertz CT molecular complexity index is 669. The molecule has 1 atom stereocenters. The molecule has 5 heteroatoms. The lowest BCUT2D eigenvalue weighted by Gasteiger charge is -2.32. The van der Waals surface area contributed by atoms with Crippen LogP contribution >= 0.6 is 0 Å². The first-order valence-corrected chi connectivity index (χ1v) is 7.16. The molecule has 3 heterocycles. The number of nitrogens with one attached hydrogen (secondary N) is 1. The van der Waals surface area contributed by atoms with Gasteiger partial charge in [0.15, 0.2) is 0 Å². The minimum Gasteiger partial charge on any atom is -0.346 e. The van der Waals surface area contributed by atoms with Gasteiger partial charge in [0.25, 0.3) is 5.92 Å². The molecule has 0 aromatic carbocycles. The van der Waals surface area contributed by atoms with Crippen molar-refractivity contribution in [1.29, 1.82) is 0 Å². The van der Waals surface area contributed by atoms with Gasteiger partial charge < -0.3 is 4.98 Å². The Morgan fingerprint density at radius 1 is 1.48 bits per heavy atom. The summed E-state index contributed by atoms with van der Waals surface area (Å²) in [5.74, 6) is -2.40. The lowest BCUT2D eigenvalue weighted by atomic mass is 9.96. The minimum atomic E-state index is -2.66. The van der Waals surface area contributed by atoms with Crippen molar-refractivity contribution in [2.75, 3.05) is 19.6 Å². The summed E-state index contributed by atoms with van der Waals surface area (Å²) in [6, 6.07) is 3.90. The third kappa shape index (κ3) is 3.13. The van der Waals surface area contributed by atoms with Crippen molar-refractivity contribution in [3.8, 4) is 0 Å². The number of aromatic nitrogens is 2. The third-order valence-corrected chi connectivity index (χ3v) is 3.72. The molecule has 0 unspecified atom stereocenters. The zero-order valence-corrected chi connectivity index (χ0v) is 12.2. The van der Waals surface area contributed by atoms with Crippen LogP contribution in [0, 0.1) is 5.92 Å². The molecule has 2 aromatic heterocycles. The highest BCUT2D eigenvalue weighted by Gasteiger charge is 2.29. The SMILES string of the molecule is C[C@@H]1C=C(c2c[nH]c3ncccc23)CN(CC(C)(F)F)C1. The normalized spacial score (nSPS) is 20.8. The van der Waals surface area contributed by atoms with Crippen LogP contribution in [0.4, 0.5) is 8.78 Å². The van der Waals surface area contributed by atoms with Crippen molar-refractivity contribution < 1.29 is 8.78 Å². The van der Waals surface area contributed by atoms with E-state index < -0.39 is 5.92 Å². The molecule has 0 bridgehead atoms. The number of pyridine rings is 1. The fraction of sp³-hybridized carbons (Fsp3) is 0.438. The Morgan fingerprint density at radius 3 is 3.05 bits per heavy atom. The van der Waals surface area contributed by atoms with Gasteiger partial charge in [-0.15, -0.1) is 0 Å². The molecule has 3 rings (SSSR count). The average Bonchev–Trinajstić information content (AvgIpc) is 2.79. The topological polar surface area (TPSA) is 31.9 Å². The molecular weight excluding hydrogens is 272 g/mol. The smallest absolute Gasteiger partial charge is 0.257 e. The number of fused-ring (bicyclic) bond motifs is 1. The van der Waals surface area contributed by atoms with Gasteiger partial charge in [-0.1, -0.05) is 13.0 Å². The van der Waals surface area contributed by atoms with Crippen LogP contribution in [-0.4, -0.2) is 40.4 Å². The molecule has 1 aliphatic heterocycles. The van der Waals surface area contributed by atoms with Gasteiger partial charge in [0.1, 0.15) is 5.65 Å². The first-order valence-electron chi connectivity index (χ1n) is 7.16. The fourth-order valence-corrected chi connectivity index (χ4v) is 3.07. The van der Waals surface area contributed by atoms with Gasteiger partial charge in [-0.05, 0) is 23.6 Å². The largest absolute Gasteiger partial charge is 0.346 e. The Hall–Kier alpha value is -1.75. The Balaban J connectivity index is 1.91. The second-order valence-electron chi connectivity index (χ2n) is 6.01. The predicted octanol–water partition coefficient (Wildman–Crippen LogP) is 3.55. The van der Waals surface area contributed by atoms with Gasteiger partial charge in [-0.2, -0.15) is 0 Å². The predicted molar refractivity (Wildman–Crippen MR) is 80.3 cm³/mol. The first kappa shape index (κ1) is 14.2. The number of rotatable bonds is 3. The Labute approximate surface area is 122 Å². The van der Waals surface area contributed by atoms with Gasteiger partial charge in [0.2, 0.25) is 0 Å². The molecule has 1 N–H and O–H groups in total. The number of H-pyrrole nitrogens is 1. The van der Waals surface area contributed by atoms with E-state index in [1.807, 2.05) is 23.2 Å². The number of nitrogens with zero attached hydrogens (tertiary/aromatic N) is 2. The van der Waals surface area contributed by atoms with Crippen molar-refractivity contribution in [2.45, 2.75) is 19.8 Å². The van der Waals surface area contributed by atoms with Crippen LogP contribution in [0.2, 0.25) is 0 Å². The average molecular weight is 291 g/mol. The zero-order valence-electron chi connectivity index (χ0n) is 12.2. The Morgan fingerprint density at radius 2 is 2.29 bits per heavy atom. The van der Waals surface area contributed by atoms with E-state index in [1.54, 1.807) is 6.20 Å². The molecule has 2 aromatic rings. The molecule has 0 saturated carbocycles. The number of hydrogen-bond donors (Lipinski definition) is 1. The van der Waals surface area contributed by atoms with Gasteiger partial charge in [0.05, 0.1) is 6.54 Å². The lowest BCUT2D eigenvalue weighted by Crippen LogP contribution is -2.40. The van der Waals surface area contributed by atoms with Crippen molar-refractivity contribution in [3.63, 3.8) is 0 Å². The molecular formula is C16H19F2N3. The maximum absolute atomic E-state index is 13.3. The van der Waals surface area contributed by atoms with E-state index in [2.05, 4.69) is 23.0 Å². The molecule has 0 radical (unpaired) electrons. The van der Waals surface area contributed by atoms with Crippen LogP contribution in [0.5, 0.6) is 0 Å². The molecule has 0 saturated heterocycles. The van der Waals surface area contributed by atoms with Crippen LogP contribution in [0.25, 0.3) is 16.6 Å². The van der Waals surface area contributed by atoms with Crippen molar-refractivity contribution in [2.24, 2.45) is 5.92 Å². The lowest BCUT2D eigenvalue weighted by molar-refractivity contribution is -0.0137. The van der Waals surface area contributed by atoms with Crippen molar-refractivity contribution in [1.82, 2.24) is 14.9 Å². The van der Waals surface area contributed by atoms with Crippen LogP contribution in [0.15, 0.2) is 30.6 Å². The molecule has 0 aliphatic carbocycles. The third-order valence-electron chi connectivity index (χ3n) is 3.72. The van der Waals surface area contributed by atoms with Crippen LogP contribution in [0.3, 0.4) is 0 Å². The van der Waals surface area contributed by atoms with E-state index in [4.69, 9.17) is 0 Å². The van der Waals surface area contributed by atoms with E-state index in [-0.39, 0.29) is 12.5 Å².